The summed E-state index contributed by atoms with van der Waals surface area (Å²) < 4.78 is 5.63. The van der Waals surface area contributed by atoms with Gasteiger partial charge >= 0.3 is 0 Å². The number of nitrogens with one attached hydrogen (secondary N) is 1. The summed E-state index contributed by atoms with van der Waals surface area (Å²) in [6.45, 7) is 4.98. The van der Waals surface area contributed by atoms with Crippen LogP contribution in [0, 0.1) is 0 Å². The summed E-state index contributed by atoms with van der Waals surface area (Å²) in [6, 6.07) is 16.3. The first kappa shape index (κ1) is 15.4. The van der Waals surface area contributed by atoms with Crippen LogP contribution in [0.5, 0.6) is 0 Å². The minimum absolute atomic E-state index is 0.541. The Morgan fingerprint density at radius 3 is 2.67 bits per heavy atom. The Morgan fingerprint density at radius 1 is 1.05 bits per heavy atom. The second-order valence-corrected chi connectivity index (χ2v) is 4.73. The molecule has 0 spiro atoms. The molecule has 3 heteroatoms. The van der Waals surface area contributed by atoms with Gasteiger partial charge in [-0.25, -0.2) is 0 Å². The van der Waals surface area contributed by atoms with Gasteiger partial charge in [0, 0.05) is 6.54 Å². The lowest BCUT2D eigenvalue weighted by atomic mass is 10.2. The zero-order valence-electron chi connectivity index (χ0n) is 12.5. The van der Waals surface area contributed by atoms with Crippen molar-refractivity contribution in [2.45, 2.75) is 20.1 Å². The predicted octanol–water partition coefficient (Wildman–Crippen LogP) is 3.42. The quantitative estimate of drug-likeness (QED) is 0.753. The highest BCUT2D eigenvalue weighted by Crippen LogP contribution is 2.03. The Morgan fingerprint density at radius 2 is 1.86 bits per heavy atom. The molecule has 0 aliphatic rings. The van der Waals surface area contributed by atoms with Crippen LogP contribution in [0.2, 0.25) is 0 Å². The summed E-state index contributed by atoms with van der Waals surface area (Å²) in [6.07, 6.45) is 4.09. The molecule has 0 bridgehead atoms. The molecule has 0 amide bonds. The van der Waals surface area contributed by atoms with Gasteiger partial charge in [-0.05, 0) is 24.2 Å². The molecule has 1 aromatic carbocycles. The van der Waals surface area contributed by atoms with E-state index in [0.717, 1.165) is 24.5 Å². The van der Waals surface area contributed by atoms with E-state index in [0.29, 0.717) is 13.2 Å². The van der Waals surface area contributed by atoms with Gasteiger partial charge in [0.05, 0.1) is 24.6 Å². The van der Waals surface area contributed by atoms with E-state index < -0.39 is 0 Å². The molecular formula is C18H22N2O. The molecule has 110 valence electrons. The Labute approximate surface area is 126 Å². The second kappa shape index (κ2) is 9.06. The summed E-state index contributed by atoms with van der Waals surface area (Å²) in [5.41, 5.74) is 3.21. The van der Waals surface area contributed by atoms with E-state index in [1.807, 2.05) is 42.5 Å². The van der Waals surface area contributed by atoms with Gasteiger partial charge in [-0.3, -0.25) is 4.98 Å². The van der Waals surface area contributed by atoms with Crippen molar-refractivity contribution >= 4 is 6.08 Å². The molecular weight excluding hydrogens is 260 g/mol. The van der Waals surface area contributed by atoms with Crippen LogP contribution in [-0.4, -0.2) is 18.1 Å². The van der Waals surface area contributed by atoms with Gasteiger partial charge in [-0.1, -0.05) is 55.5 Å². The summed E-state index contributed by atoms with van der Waals surface area (Å²) in [5.74, 6) is 0. The van der Waals surface area contributed by atoms with Crippen LogP contribution in [0.15, 0.2) is 54.6 Å². The second-order valence-electron chi connectivity index (χ2n) is 4.73. The topological polar surface area (TPSA) is 34.1 Å². The van der Waals surface area contributed by atoms with Crippen molar-refractivity contribution in [3.8, 4) is 0 Å². The third-order valence-corrected chi connectivity index (χ3v) is 2.99. The van der Waals surface area contributed by atoms with Crippen LogP contribution in [0.3, 0.4) is 0 Å². The first-order valence-electron chi connectivity index (χ1n) is 7.33. The van der Waals surface area contributed by atoms with Gasteiger partial charge in [0.1, 0.15) is 0 Å². The maximum atomic E-state index is 5.63. The number of aromatic nitrogens is 1. The zero-order chi connectivity index (χ0) is 14.8. The van der Waals surface area contributed by atoms with E-state index in [9.17, 15) is 0 Å². The van der Waals surface area contributed by atoms with Crippen LogP contribution in [0.4, 0.5) is 0 Å². The molecule has 0 aliphatic heterocycles. The lowest BCUT2D eigenvalue weighted by Gasteiger charge is -2.05. The maximum absolute atomic E-state index is 5.63. The van der Waals surface area contributed by atoms with Crippen LogP contribution >= 0.6 is 0 Å². The first-order valence-corrected chi connectivity index (χ1v) is 7.33. The molecule has 2 rings (SSSR count). The molecule has 0 aliphatic carbocycles. The minimum atomic E-state index is 0.541. The SMILES string of the molecule is CCNCc1cccc(COC/C=C/c2ccccc2)n1. The van der Waals surface area contributed by atoms with Gasteiger partial charge < -0.3 is 10.1 Å². The number of benzene rings is 1. The fourth-order valence-corrected chi connectivity index (χ4v) is 1.94. The summed E-state index contributed by atoms with van der Waals surface area (Å²) in [5, 5.41) is 3.27. The molecule has 21 heavy (non-hydrogen) atoms. The standard InChI is InChI=1S/C18H22N2O/c1-2-19-14-17-11-6-12-18(20-17)15-21-13-7-10-16-8-4-3-5-9-16/h3-12,19H,2,13-15H2,1H3/b10-7+. The van der Waals surface area contributed by atoms with Crippen LogP contribution in [-0.2, 0) is 17.9 Å². The highest BCUT2D eigenvalue weighted by Gasteiger charge is 1.97. The monoisotopic (exact) mass is 282 g/mol. The highest BCUT2D eigenvalue weighted by atomic mass is 16.5. The number of hydrogen-bond donors (Lipinski definition) is 1. The molecule has 2 aromatic rings. The number of rotatable bonds is 8. The zero-order valence-corrected chi connectivity index (χ0v) is 12.5. The van der Waals surface area contributed by atoms with E-state index in [1.54, 1.807) is 0 Å². The lowest BCUT2D eigenvalue weighted by molar-refractivity contribution is 0.146. The molecule has 1 aromatic heterocycles. The Kier molecular flexibility index (Phi) is 6.65. The van der Waals surface area contributed by atoms with Crippen LogP contribution < -0.4 is 5.32 Å². The van der Waals surface area contributed by atoms with E-state index >= 15 is 0 Å². The highest BCUT2D eigenvalue weighted by molar-refractivity contribution is 5.48. The van der Waals surface area contributed by atoms with Crippen LogP contribution in [0.25, 0.3) is 6.08 Å². The molecule has 1 N–H and O–H groups in total. The molecule has 0 atom stereocenters. The molecule has 0 saturated carbocycles. The average molecular weight is 282 g/mol. The van der Waals surface area contributed by atoms with Crippen molar-refractivity contribution in [3.63, 3.8) is 0 Å². The van der Waals surface area contributed by atoms with Crippen molar-refractivity contribution in [2.24, 2.45) is 0 Å². The predicted molar refractivity (Wildman–Crippen MR) is 86.7 cm³/mol. The van der Waals surface area contributed by atoms with Crippen molar-refractivity contribution in [1.82, 2.24) is 10.3 Å². The fourth-order valence-electron chi connectivity index (χ4n) is 1.94. The maximum Gasteiger partial charge on any atom is 0.0892 e. The number of hydrogen-bond acceptors (Lipinski definition) is 3. The molecule has 0 radical (unpaired) electrons. The van der Waals surface area contributed by atoms with Gasteiger partial charge in [-0.2, -0.15) is 0 Å². The number of ether oxygens (including phenoxy) is 1. The first-order chi connectivity index (χ1) is 10.4. The molecule has 0 unspecified atom stereocenters. The Balaban J connectivity index is 1.74. The van der Waals surface area contributed by atoms with Crippen molar-refractivity contribution in [3.05, 3.63) is 71.6 Å². The smallest absolute Gasteiger partial charge is 0.0892 e. The molecule has 0 saturated heterocycles. The van der Waals surface area contributed by atoms with Crippen molar-refractivity contribution < 1.29 is 4.74 Å². The third kappa shape index (κ3) is 5.90. The third-order valence-electron chi connectivity index (χ3n) is 2.99. The van der Waals surface area contributed by atoms with Gasteiger partial charge in [0.2, 0.25) is 0 Å². The van der Waals surface area contributed by atoms with E-state index in [4.69, 9.17) is 4.74 Å². The molecule has 1 heterocycles. The Hall–Kier alpha value is -1.97. The number of nitrogens with zero attached hydrogens (tertiary/aromatic N) is 1. The summed E-state index contributed by atoms with van der Waals surface area (Å²) in [7, 11) is 0. The molecule has 0 fully saturated rings. The van der Waals surface area contributed by atoms with Crippen LogP contribution in [0.1, 0.15) is 23.9 Å². The van der Waals surface area contributed by atoms with E-state index in [2.05, 4.69) is 35.4 Å². The summed E-state index contributed by atoms with van der Waals surface area (Å²) >= 11 is 0. The normalized spacial score (nSPS) is 11.1. The van der Waals surface area contributed by atoms with Gasteiger partial charge in [0.25, 0.3) is 0 Å². The largest absolute Gasteiger partial charge is 0.371 e. The van der Waals surface area contributed by atoms with Crippen molar-refractivity contribution in [1.29, 1.82) is 0 Å². The summed E-state index contributed by atoms with van der Waals surface area (Å²) in [4.78, 5) is 4.55. The minimum Gasteiger partial charge on any atom is -0.371 e. The Bertz CT molecular complexity index is 552. The lowest BCUT2D eigenvalue weighted by Crippen LogP contribution is -2.13. The van der Waals surface area contributed by atoms with Gasteiger partial charge in [-0.15, -0.1) is 0 Å². The average Bonchev–Trinajstić information content (AvgIpc) is 2.54. The fraction of sp³-hybridized carbons (Fsp3) is 0.278. The van der Waals surface area contributed by atoms with E-state index in [1.165, 1.54) is 5.56 Å². The van der Waals surface area contributed by atoms with E-state index in [-0.39, 0.29) is 0 Å². The van der Waals surface area contributed by atoms with Crippen molar-refractivity contribution in [2.75, 3.05) is 13.2 Å². The van der Waals surface area contributed by atoms with Gasteiger partial charge in [0.15, 0.2) is 0 Å². The number of pyridine rings is 1. The molecule has 3 nitrogen and oxygen atoms in total.